The molecule has 0 aliphatic carbocycles. The highest BCUT2D eigenvalue weighted by Crippen LogP contribution is 2.16. The van der Waals surface area contributed by atoms with E-state index >= 15 is 0 Å². The minimum absolute atomic E-state index is 0.750. The second-order valence-corrected chi connectivity index (χ2v) is 4.88. The molecular formula is C16H16N4. The molecule has 0 radical (unpaired) electrons. The molecular weight excluding hydrogens is 248 g/mol. The molecule has 0 saturated carbocycles. The summed E-state index contributed by atoms with van der Waals surface area (Å²) in [6.07, 6.45) is 5.49. The average Bonchev–Trinajstić information content (AvgIpc) is 2.79. The zero-order valence-corrected chi connectivity index (χ0v) is 11.6. The van der Waals surface area contributed by atoms with Crippen LogP contribution in [0.15, 0.2) is 48.9 Å². The van der Waals surface area contributed by atoms with E-state index in [4.69, 9.17) is 0 Å². The molecule has 0 spiro atoms. The van der Waals surface area contributed by atoms with Crippen molar-refractivity contribution >= 4 is 0 Å². The second-order valence-electron chi connectivity index (χ2n) is 4.88. The molecule has 0 bridgehead atoms. The van der Waals surface area contributed by atoms with Crippen LogP contribution in [0.1, 0.15) is 17.0 Å². The van der Waals surface area contributed by atoms with Crippen LogP contribution in [0.2, 0.25) is 0 Å². The molecule has 20 heavy (non-hydrogen) atoms. The molecule has 0 fully saturated rings. The number of aromatic nitrogens is 4. The van der Waals surface area contributed by atoms with Crippen LogP contribution in [-0.4, -0.2) is 19.7 Å². The third kappa shape index (κ3) is 2.59. The highest BCUT2D eigenvalue weighted by Gasteiger charge is 2.03. The average molecular weight is 264 g/mol. The van der Waals surface area contributed by atoms with Crippen molar-refractivity contribution in [3.8, 4) is 11.3 Å². The molecule has 0 amide bonds. The minimum atomic E-state index is 0.750. The lowest BCUT2D eigenvalue weighted by atomic mass is 10.1. The van der Waals surface area contributed by atoms with Gasteiger partial charge < -0.3 is 0 Å². The van der Waals surface area contributed by atoms with E-state index in [1.807, 2.05) is 42.2 Å². The number of aryl methyl sites for hydroxylation is 2. The molecule has 100 valence electrons. The number of pyridine rings is 2. The topological polar surface area (TPSA) is 43.6 Å². The summed E-state index contributed by atoms with van der Waals surface area (Å²) in [5.41, 5.74) is 5.32. The summed E-state index contributed by atoms with van der Waals surface area (Å²) in [5, 5.41) is 4.46. The van der Waals surface area contributed by atoms with Gasteiger partial charge in [0.15, 0.2) is 0 Å². The summed E-state index contributed by atoms with van der Waals surface area (Å²) < 4.78 is 2.00. The van der Waals surface area contributed by atoms with E-state index in [2.05, 4.69) is 34.1 Å². The Bertz CT molecular complexity index is 699. The summed E-state index contributed by atoms with van der Waals surface area (Å²) >= 11 is 0. The standard InChI is InChI=1S/C16H16N4/c1-12-8-13(2)20(19-12)11-14-5-6-16(18-9-14)15-4-3-7-17-10-15/h3-10H,11H2,1-2H3. The molecule has 3 aromatic rings. The smallest absolute Gasteiger partial charge is 0.0717 e. The maximum Gasteiger partial charge on any atom is 0.0717 e. The Morgan fingerprint density at radius 1 is 1.10 bits per heavy atom. The molecule has 0 atom stereocenters. The summed E-state index contributed by atoms with van der Waals surface area (Å²) in [6.45, 7) is 4.82. The zero-order chi connectivity index (χ0) is 13.9. The van der Waals surface area contributed by atoms with Gasteiger partial charge in [0.05, 0.1) is 17.9 Å². The fraction of sp³-hybridized carbons (Fsp3) is 0.188. The van der Waals surface area contributed by atoms with Gasteiger partial charge in [0, 0.05) is 29.8 Å². The molecule has 0 aliphatic rings. The summed E-state index contributed by atoms with van der Waals surface area (Å²) in [7, 11) is 0. The molecule has 3 heterocycles. The van der Waals surface area contributed by atoms with Crippen LogP contribution >= 0.6 is 0 Å². The molecule has 3 aromatic heterocycles. The molecule has 3 rings (SSSR count). The number of hydrogen-bond acceptors (Lipinski definition) is 3. The van der Waals surface area contributed by atoms with Gasteiger partial charge in [-0.3, -0.25) is 14.6 Å². The molecule has 0 aliphatic heterocycles. The Hall–Kier alpha value is -2.49. The maximum absolute atomic E-state index is 4.50. The SMILES string of the molecule is Cc1cc(C)n(Cc2ccc(-c3cccnc3)nc2)n1. The van der Waals surface area contributed by atoms with E-state index in [0.29, 0.717) is 0 Å². The zero-order valence-electron chi connectivity index (χ0n) is 11.6. The van der Waals surface area contributed by atoms with Crippen molar-refractivity contribution in [2.24, 2.45) is 0 Å². The third-order valence-electron chi connectivity index (χ3n) is 3.22. The van der Waals surface area contributed by atoms with Gasteiger partial charge in [-0.2, -0.15) is 5.10 Å². The second kappa shape index (κ2) is 5.25. The van der Waals surface area contributed by atoms with Crippen LogP contribution < -0.4 is 0 Å². The summed E-state index contributed by atoms with van der Waals surface area (Å²) in [5.74, 6) is 0. The van der Waals surface area contributed by atoms with Gasteiger partial charge >= 0.3 is 0 Å². The highest BCUT2D eigenvalue weighted by molar-refractivity contribution is 5.57. The summed E-state index contributed by atoms with van der Waals surface area (Å²) in [4.78, 5) is 8.61. The lowest BCUT2D eigenvalue weighted by Crippen LogP contribution is -2.04. The minimum Gasteiger partial charge on any atom is -0.265 e. The first kappa shape index (κ1) is 12.5. The van der Waals surface area contributed by atoms with Gasteiger partial charge in [-0.1, -0.05) is 6.07 Å². The van der Waals surface area contributed by atoms with E-state index in [1.54, 1.807) is 6.20 Å². The van der Waals surface area contributed by atoms with Gasteiger partial charge in [-0.25, -0.2) is 0 Å². The van der Waals surface area contributed by atoms with Crippen LogP contribution in [0, 0.1) is 13.8 Å². The number of hydrogen-bond donors (Lipinski definition) is 0. The van der Waals surface area contributed by atoms with E-state index in [0.717, 1.165) is 29.1 Å². The number of nitrogens with zero attached hydrogens (tertiary/aromatic N) is 4. The van der Waals surface area contributed by atoms with Crippen molar-refractivity contribution < 1.29 is 0 Å². The molecule has 0 unspecified atom stereocenters. The Balaban J connectivity index is 1.82. The monoisotopic (exact) mass is 264 g/mol. The Labute approximate surface area is 118 Å². The van der Waals surface area contributed by atoms with Crippen LogP contribution in [0.25, 0.3) is 11.3 Å². The lowest BCUT2D eigenvalue weighted by molar-refractivity contribution is 0.657. The molecule has 0 saturated heterocycles. The summed E-state index contributed by atoms with van der Waals surface area (Å²) in [6, 6.07) is 10.1. The molecule has 4 nitrogen and oxygen atoms in total. The van der Waals surface area contributed by atoms with Gasteiger partial charge in [0.2, 0.25) is 0 Å². The van der Waals surface area contributed by atoms with Crippen molar-refractivity contribution in [3.05, 3.63) is 65.9 Å². The molecule has 0 N–H and O–H groups in total. The van der Waals surface area contributed by atoms with E-state index < -0.39 is 0 Å². The first-order valence-corrected chi connectivity index (χ1v) is 6.59. The lowest BCUT2D eigenvalue weighted by Gasteiger charge is -2.05. The third-order valence-corrected chi connectivity index (χ3v) is 3.22. The fourth-order valence-corrected chi connectivity index (χ4v) is 2.21. The quantitative estimate of drug-likeness (QED) is 0.730. The Kier molecular flexibility index (Phi) is 3.29. The first-order valence-electron chi connectivity index (χ1n) is 6.59. The van der Waals surface area contributed by atoms with Crippen LogP contribution in [-0.2, 0) is 6.54 Å². The largest absolute Gasteiger partial charge is 0.265 e. The first-order chi connectivity index (χ1) is 9.72. The van der Waals surface area contributed by atoms with Crippen molar-refractivity contribution in [1.82, 2.24) is 19.7 Å². The highest BCUT2D eigenvalue weighted by atomic mass is 15.3. The van der Waals surface area contributed by atoms with Crippen molar-refractivity contribution in [2.75, 3.05) is 0 Å². The van der Waals surface area contributed by atoms with E-state index in [-0.39, 0.29) is 0 Å². The van der Waals surface area contributed by atoms with Gasteiger partial charge in [0.25, 0.3) is 0 Å². The Morgan fingerprint density at radius 3 is 2.60 bits per heavy atom. The maximum atomic E-state index is 4.50. The van der Waals surface area contributed by atoms with E-state index in [9.17, 15) is 0 Å². The van der Waals surface area contributed by atoms with Crippen molar-refractivity contribution in [3.63, 3.8) is 0 Å². The van der Waals surface area contributed by atoms with Gasteiger partial charge in [-0.05, 0) is 43.7 Å². The predicted molar refractivity (Wildman–Crippen MR) is 78.3 cm³/mol. The fourth-order valence-electron chi connectivity index (χ4n) is 2.21. The van der Waals surface area contributed by atoms with Gasteiger partial charge in [0.1, 0.15) is 0 Å². The Morgan fingerprint density at radius 2 is 2.00 bits per heavy atom. The molecule has 0 aromatic carbocycles. The van der Waals surface area contributed by atoms with Crippen LogP contribution in [0.5, 0.6) is 0 Å². The van der Waals surface area contributed by atoms with E-state index in [1.165, 1.54) is 5.69 Å². The predicted octanol–water partition coefficient (Wildman–Crippen LogP) is 3.01. The number of rotatable bonds is 3. The normalized spacial score (nSPS) is 10.7. The van der Waals surface area contributed by atoms with Crippen molar-refractivity contribution in [2.45, 2.75) is 20.4 Å². The van der Waals surface area contributed by atoms with Crippen LogP contribution in [0.3, 0.4) is 0 Å². The van der Waals surface area contributed by atoms with Crippen LogP contribution in [0.4, 0.5) is 0 Å². The molecule has 4 heteroatoms. The van der Waals surface area contributed by atoms with Gasteiger partial charge in [-0.15, -0.1) is 0 Å². The van der Waals surface area contributed by atoms with Crippen molar-refractivity contribution in [1.29, 1.82) is 0 Å².